The fourth-order valence-corrected chi connectivity index (χ4v) is 3.05. The highest BCUT2D eigenvalue weighted by Gasteiger charge is 2.43. The summed E-state index contributed by atoms with van der Waals surface area (Å²) in [6.45, 7) is 12.6. The van der Waals surface area contributed by atoms with Gasteiger partial charge >= 0.3 is 0 Å². The lowest BCUT2D eigenvalue weighted by Gasteiger charge is -2.47. The topological polar surface area (TPSA) is 20.2 Å². The summed E-state index contributed by atoms with van der Waals surface area (Å²) in [4.78, 5) is 0. The van der Waals surface area contributed by atoms with Gasteiger partial charge in [0.25, 0.3) is 0 Å². The van der Waals surface area contributed by atoms with E-state index >= 15 is 0 Å². The van der Waals surface area contributed by atoms with Crippen LogP contribution in [-0.4, -0.2) is 10.7 Å². The highest BCUT2D eigenvalue weighted by atomic mass is 16.3. The molecule has 1 nitrogen and oxygen atoms in total. The monoisotopic (exact) mass is 220 g/mol. The average Bonchev–Trinajstić information content (AvgIpc) is 2.13. The Morgan fingerprint density at radius 2 is 2.00 bits per heavy atom. The van der Waals surface area contributed by atoms with Crippen molar-refractivity contribution in [1.29, 1.82) is 0 Å². The third kappa shape index (κ3) is 2.50. The maximum Gasteiger partial charge on any atom is 0.123 e. The number of hydrogen-bond acceptors (Lipinski definition) is 1. The molecule has 2 atom stereocenters. The van der Waals surface area contributed by atoms with Crippen LogP contribution in [-0.2, 0) is 0 Å². The van der Waals surface area contributed by atoms with Crippen molar-refractivity contribution in [2.45, 2.75) is 59.0 Å². The Balaban J connectivity index is 2.93. The fourth-order valence-electron chi connectivity index (χ4n) is 3.05. The summed E-state index contributed by atoms with van der Waals surface area (Å²) < 4.78 is 0. The Hall–Kier alpha value is -0.740. The van der Waals surface area contributed by atoms with Crippen LogP contribution in [0, 0.1) is 23.2 Å². The lowest BCUT2D eigenvalue weighted by atomic mass is 9.58. The molecule has 0 aromatic carbocycles. The van der Waals surface area contributed by atoms with Crippen LogP contribution in [0.5, 0.6) is 0 Å². The van der Waals surface area contributed by atoms with Crippen LogP contribution in [0.25, 0.3) is 0 Å². The van der Waals surface area contributed by atoms with E-state index in [4.69, 9.17) is 6.42 Å². The molecule has 0 aromatic rings. The molecule has 1 N–H and O–H groups in total. The second kappa shape index (κ2) is 3.93. The van der Waals surface area contributed by atoms with Gasteiger partial charge < -0.3 is 5.11 Å². The molecule has 90 valence electrons. The molecule has 0 saturated heterocycles. The zero-order valence-electron chi connectivity index (χ0n) is 11.1. The largest absolute Gasteiger partial charge is 0.378 e. The predicted octanol–water partition coefficient (Wildman–Crippen LogP) is 3.53. The molecule has 0 heterocycles. The van der Waals surface area contributed by atoms with Crippen molar-refractivity contribution in [3.8, 4) is 12.3 Å². The average molecular weight is 220 g/mol. The molecular weight excluding hydrogens is 196 g/mol. The van der Waals surface area contributed by atoms with Gasteiger partial charge in [-0.2, -0.15) is 0 Å². The first-order valence-corrected chi connectivity index (χ1v) is 6.03. The molecule has 16 heavy (non-hydrogen) atoms. The molecule has 1 rings (SSSR count). The summed E-state index contributed by atoms with van der Waals surface area (Å²) in [6.07, 6.45) is 9.42. The Kier molecular flexibility index (Phi) is 3.27. The molecule has 0 unspecified atom stereocenters. The van der Waals surface area contributed by atoms with Gasteiger partial charge in [0.15, 0.2) is 0 Å². The van der Waals surface area contributed by atoms with Gasteiger partial charge in [0.2, 0.25) is 0 Å². The molecule has 0 aliphatic heterocycles. The zero-order chi connectivity index (χ0) is 12.6. The van der Waals surface area contributed by atoms with Crippen LogP contribution in [0.2, 0.25) is 0 Å². The molecule has 0 amide bonds. The lowest BCUT2D eigenvalue weighted by molar-refractivity contribution is 0.0518. The second-order valence-electron chi connectivity index (χ2n) is 6.37. The van der Waals surface area contributed by atoms with Gasteiger partial charge in [0, 0.05) is 0 Å². The van der Waals surface area contributed by atoms with Gasteiger partial charge in [-0.25, -0.2) is 0 Å². The molecule has 1 fully saturated rings. The first-order valence-electron chi connectivity index (χ1n) is 6.03. The molecule has 0 bridgehead atoms. The van der Waals surface area contributed by atoms with Crippen LogP contribution in [0.1, 0.15) is 53.4 Å². The normalized spacial score (nSPS) is 32.9. The quantitative estimate of drug-likeness (QED) is 0.557. The standard InChI is InChI=1S/C15H24O/c1-7-15(6,16)11-14(5)10-8-9-13(3,4)12(14)2/h1,16H,2,8-11H2,3-6H3/t14-,15-/m0/s1. The minimum Gasteiger partial charge on any atom is -0.378 e. The summed E-state index contributed by atoms with van der Waals surface area (Å²) >= 11 is 0. The van der Waals surface area contributed by atoms with E-state index in [-0.39, 0.29) is 10.8 Å². The highest BCUT2D eigenvalue weighted by Crippen LogP contribution is 2.52. The van der Waals surface area contributed by atoms with Crippen molar-refractivity contribution in [3.63, 3.8) is 0 Å². The molecule has 1 aliphatic rings. The van der Waals surface area contributed by atoms with Crippen LogP contribution in [0.4, 0.5) is 0 Å². The Labute approximate surface area is 99.9 Å². The lowest BCUT2D eigenvalue weighted by Crippen LogP contribution is -2.39. The minimum absolute atomic E-state index is 0.0301. The number of allylic oxidation sites excluding steroid dienone is 1. The summed E-state index contributed by atoms with van der Waals surface area (Å²) in [5, 5.41) is 10.1. The van der Waals surface area contributed by atoms with Gasteiger partial charge in [0.05, 0.1) is 0 Å². The smallest absolute Gasteiger partial charge is 0.123 e. The zero-order valence-corrected chi connectivity index (χ0v) is 11.1. The van der Waals surface area contributed by atoms with Gasteiger partial charge in [-0.05, 0) is 37.0 Å². The number of hydrogen-bond donors (Lipinski definition) is 1. The van der Waals surface area contributed by atoms with E-state index in [1.165, 1.54) is 18.4 Å². The molecule has 0 radical (unpaired) electrons. The van der Waals surface area contributed by atoms with Crippen molar-refractivity contribution in [2.75, 3.05) is 0 Å². The van der Waals surface area contributed by atoms with Gasteiger partial charge in [-0.3, -0.25) is 0 Å². The first kappa shape index (κ1) is 13.3. The van der Waals surface area contributed by atoms with Gasteiger partial charge in [-0.15, -0.1) is 6.42 Å². The van der Waals surface area contributed by atoms with Crippen LogP contribution in [0.3, 0.4) is 0 Å². The SMILES string of the molecule is C#C[C@](C)(O)C[C@]1(C)CCCC(C)(C)C1=C. The Bertz CT molecular complexity index is 330. The van der Waals surface area contributed by atoms with Crippen molar-refractivity contribution in [1.82, 2.24) is 0 Å². The fraction of sp³-hybridized carbons (Fsp3) is 0.733. The number of aliphatic hydroxyl groups is 1. The molecule has 1 saturated carbocycles. The summed E-state index contributed by atoms with van der Waals surface area (Å²) in [6, 6.07) is 0. The Morgan fingerprint density at radius 1 is 1.44 bits per heavy atom. The molecule has 1 heteroatoms. The third-order valence-electron chi connectivity index (χ3n) is 4.12. The van der Waals surface area contributed by atoms with Crippen LogP contribution < -0.4 is 0 Å². The van der Waals surface area contributed by atoms with Crippen molar-refractivity contribution in [3.05, 3.63) is 12.2 Å². The third-order valence-corrected chi connectivity index (χ3v) is 4.12. The van der Waals surface area contributed by atoms with E-state index in [1.807, 2.05) is 0 Å². The van der Waals surface area contributed by atoms with E-state index in [0.29, 0.717) is 6.42 Å². The molecule has 0 aromatic heterocycles. The summed E-state index contributed by atoms with van der Waals surface area (Å²) in [5.41, 5.74) is 0.349. The number of rotatable bonds is 2. The van der Waals surface area contributed by atoms with E-state index in [1.54, 1.807) is 6.92 Å². The molecular formula is C15H24O. The van der Waals surface area contributed by atoms with Crippen molar-refractivity contribution in [2.24, 2.45) is 10.8 Å². The van der Waals surface area contributed by atoms with Crippen LogP contribution >= 0.6 is 0 Å². The second-order valence-corrected chi connectivity index (χ2v) is 6.37. The van der Waals surface area contributed by atoms with Gasteiger partial charge in [-0.1, -0.05) is 45.3 Å². The molecule has 0 spiro atoms. The van der Waals surface area contributed by atoms with Crippen molar-refractivity contribution < 1.29 is 5.11 Å². The van der Waals surface area contributed by atoms with Crippen molar-refractivity contribution >= 4 is 0 Å². The van der Waals surface area contributed by atoms with E-state index in [2.05, 4.69) is 33.3 Å². The van der Waals surface area contributed by atoms with E-state index in [0.717, 1.165) is 6.42 Å². The van der Waals surface area contributed by atoms with Crippen LogP contribution in [0.15, 0.2) is 12.2 Å². The maximum absolute atomic E-state index is 10.1. The first-order chi connectivity index (χ1) is 7.13. The van der Waals surface area contributed by atoms with Gasteiger partial charge in [0.1, 0.15) is 5.60 Å². The summed E-state index contributed by atoms with van der Waals surface area (Å²) in [7, 11) is 0. The predicted molar refractivity (Wildman–Crippen MR) is 69.0 cm³/mol. The van der Waals surface area contributed by atoms with E-state index in [9.17, 15) is 5.11 Å². The Morgan fingerprint density at radius 3 is 2.50 bits per heavy atom. The maximum atomic E-state index is 10.1. The molecule has 1 aliphatic carbocycles. The number of terminal acetylenes is 1. The highest BCUT2D eigenvalue weighted by molar-refractivity contribution is 5.23. The van der Waals surface area contributed by atoms with E-state index < -0.39 is 5.60 Å². The minimum atomic E-state index is -1.02. The summed E-state index contributed by atoms with van der Waals surface area (Å²) in [5.74, 6) is 2.48.